The van der Waals surface area contributed by atoms with Crippen LogP contribution in [0.4, 0.5) is 0 Å². The molecule has 1 amide bonds. The number of likely N-dealkylation sites (tertiary alicyclic amines) is 1. The fourth-order valence-electron chi connectivity index (χ4n) is 4.90. The van der Waals surface area contributed by atoms with Crippen LogP contribution < -0.4 is 4.74 Å². The molecule has 1 unspecified atom stereocenters. The molecular formula is C29H36N2O5. The summed E-state index contributed by atoms with van der Waals surface area (Å²) >= 11 is 0. The maximum atomic E-state index is 13.3. The van der Waals surface area contributed by atoms with E-state index < -0.39 is 17.7 Å². The van der Waals surface area contributed by atoms with Crippen molar-refractivity contribution in [1.29, 1.82) is 0 Å². The molecule has 2 aliphatic heterocycles. The molecule has 0 aromatic heterocycles. The van der Waals surface area contributed by atoms with E-state index in [1.54, 1.807) is 29.2 Å². The van der Waals surface area contributed by atoms with E-state index in [9.17, 15) is 14.7 Å². The number of hydrogen-bond acceptors (Lipinski definition) is 6. The Kier molecular flexibility index (Phi) is 7.81. The predicted octanol–water partition coefficient (Wildman–Crippen LogP) is 4.14. The Morgan fingerprint density at radius 3 is 2.33 bits per heavy atom. The molecule has 4 rings (SSSR count). The van der Waals surface area contributed by atoms with Crippen molar-refractivity contribution in [2.45, 2.75) is 38.6 Å². The van der Waals surface area contributed by atoms with Gasteiger partial charge in [0.1, 0.15) is 11.5 Å². The number of para-hydroxylation sites is 1. The van der Waals surface area contributed by atoms with Gasteiger partial charge in [0.25, 0.3) is 11.7 Å². The van der Waals surface area contributed by atoms with Crippen LogP contribution in [-0.2, 0) is 19.7 Å². The fraction of sp³-hybridized carbons (Fsp3) is 0.448. The van der Waals surface area contributed by atoms with Gasteiger partial charge in [-0.15, -0.1) is 0 Å². The van der Waals surface area contributed by atoms with Crippen LogP contribution in [-0.4, -0.2) is 73.1 Å². The number of carbonyl (C=O) groups excluding carboxylic acids is 2. The monoisotopic (exact) mass is 492 g/mol. The number of methoxy groups -OCH3 is 1. The SMILES string of the molecule is COc1ccccc1/C(O)=C1\C(=O)C(=O)N(CCCN2CCOCC2)C1c1ccc(C(C)(C)C)cc1. The van der Waals surface area contributed by atoms with E-state index in [1.165, 1.54) is 7.11 Å². The van der Waals surface area contributed by atoms with Gasteiger partial charge in [-0.25, -0.2) is 0 Å². The topological polar surface area (TPSA) is 79.3 Å². The highest BCUT2D eigenvalue weighted by atomic mass is 16.5. The molecule has 1 atom stereocenters. The van der Waals surface area contributed by atoms with Crippen molar-refractivity contribution in [3.8, 4) is 5.75 Å². The normalized spacial score (nSPS) is 20.7. The third-order valence-corrected chi connectivity index (χ3v) is 6.97. The average molecular weight is 493 g/mol. The molecule has 1 N–H and O–H groups in total. The number of benzene rings is 2. The van der Waals surface area contributed by atoms with Gasteiger partial charge in [0, 0.05) is 26.2 Å². The van der Waals surface area contributed by atoms with Crippen LogP contribution in [0.25, 0.3) is 5.76 Å². The molecule has 2 fully saturated rings. The Bertz CT molecular complexity index is 1130. The number of ketones is 1. The smallest absolute Gasteiger partial charge is 0.295 e. The highest BCUT2D eigenvalue weighted by Crippen LogP contribution is 2.41. The first-order valence-corrected chi connectivity index (χ1v) is 12.5. The molecule has 7 nitrogen and oxygen atoms in total. The number of ether oxygens (including phenoxy) is 2. The minimum Gasteiger partial charge on any atom is -0.507 e. The standard InChI is InChI=1S/C29H36N2O5/c1-29(2,3)21-12-10-20(11-13-21)25-24(26(32)22-8-5-6-9-23(22)35-4)27(33)28(34)31(25)15-7-14-30-16-18-36-19-17-30/h5-6,8-13,25,32H,7,14-19H2,1-4H3/b26-24+. The maximum absolute atomic E-state index is 13.3. The number of rotatable bonds is 7. The third-order valence-electron chi connectivity index (χ3n) is 6.97. The van der Waals surface area contributed by atoms with Crippen molar-refractivity contribution in [1.82, 2.24) is 9.80 Å². The summed E-state index contributed by atoms with van der Waals surface area (Å²) in [6, 6.07) is 14.3. The van der Waals surface area contributed by atoms with Gasteiger partial charge < -0.3 is 19.5 Å². The van der Waals surface area contributed by atoms with E-state index in [0.717, 1.165) is 37.2 Å². The Hall–Kier alpha value is -3.16. The summed E-state index contributed by atoms with van der Waals surface area (Å²) in [5.74, 6) is -1.03. The van der Waals surface area contributed by atoms with Gasteiger partial charge >= 0.3 is 0 Å². The first kappa shape index (κ1) is 25.9. The number of hydrogen-bond donors (Lipinski definition) is 1. The molecule has 0 saturated carbocycles. The molecule has 192 valence electrons. The highest BCUT2D eigenvalue weighted by Gasteiger charge is 2.46. The van der Waals surface area contributed by atoms with E-state index in [1.807, 2.05) is 24.3 Å². The Morgan fingerprint density at radius 2 is 1.69 bits per heavy atom. The van der Waals surface area contributed by atoms with Crippen molar-refractivity contribution >= 4 is 17.4 Å². The van der Waals surface area contributed by atoms with E-state index in [0.29, 0.717) is 31.1 Å². The molecule has 0 spiro atoms. The Morgan fingerprint density at radius 1 is 1.03 bits per heavy atom. The second kappa shape index (κ2) is 10.8. The predicted molar refractivity (Wildman–Crippen MR) is 139 cm³/mol. The van der Waals surface area contributed by atoms with Crippen LogP contribution in [0, 0.1) is 0 Å². The van der Waals surface area contributed by atoms with Gasteiger partial charge in [-0.2, -0.15) is 0 Å². The second-order valence-corrected chi connectivity index (χ2v) is 10.4. The molecule has 2 aromatic rings. The van der Waals surface area contributed by atoms with E-state index in [4.69, 9.17) is 9.47 Å². The lowest BCUT2D eigenvalue weighted by Gasteiger charge is -2.29. The summed E-state index contributed by atoms with van der Waals surface area (Å²) in [6.45, 7) is 10.8. The lowest BCUT2D eigenvalue weighted by atomic mass is 9.85. The summed E-state index contributed by atoms with van der Waals surface area (Å²) in [6.07, 6.45) is 0.721. The summed E-state index contributed by atoms with van der Waals surface area (Å²) < 4.78 is 10.8. The molecule has 2 aliphatic rings. The van der Waals surface area contributed by atoms with Gasteiger partial charge in [0.2, 0.25) is 0 Å². The summed E-state index contributed by atoms with van der Waals surface area (Å²) in [4.78, 5) is 30.5. The summed E-state index contributed by atoms with van der Waals surface area (Å²) in [7, 11) is 1.51. The number of amides is 1. The molecular weight excluding hydrogens is 456 g/mol. The van der Waals surface area contributed by atoms with Crippen molar-refractivity contribution in [2.75, 3.05) is 46.5 Å². The molecule has 2 aromatic carbocycles. The number of aliphatic hydroxyl groups excluding tert-OH is 1. The molecule has 36 heavy (non-hydrogen) atoms. The van der Waals surface area contributed by atoms with Crippen LogP contribution >= 0.6 is 0 Å². The zero-order valence-corrected chi connectivity index (χ0v) is 21.6. The number of aliphatic hydroxyl groups is 1. The van der Waals surface area contributed by atoms with Crippen molar-refractivity contribution in [3.63, 3.8) is 0 Å². The first-order valence-electron chi connectivity index (χ1n) is 12.5. The first-order chi connectivity index (χ1) is 17.2. The molecule has 7 heteroatoms. The average Bonchev–Trinajstić information content (AvgIpc) is 3.13. The number of carbonyl (C=O) groups is 2. The van der Waals surface area contributed by atoms with E-state index in [-0.39, 0.29) is 16.7 Å². The van der Waals surface area contributed by atoms with E-state index in [2.05, 4.69) is 25.7 Å². The minimum absolute atomic E-state index is 0.0318. The van der Waals surface area contributed by atoms with Crippen molar-refractivity contribution < 1.29 is 24.2 Å². The largest absolute Gasteiger partial charge is 0.507 e. The van der Waals surface area contributed by atoms with Crippen molar-refractivity contribution in [3.05, 3.63) is 70.8 Å². The summed E-state index contributed by atoms with van der Waals surface area (Å²) in [5.41, 5.74) is 2.41. The molecule has 0 bridgehead atoms. The van der Waals surface area contributed by atoms with Crippen LogP contribution in [0.3, 0.4) is 0 Å². The Labute approximate surface area is 213 Å². The maximum Gasteiger partial charge on any atom is 0.295 e. The molecule has 2 heterocycles. The van der Waals surface area contributed by atoms with Gasteiger partial charge in [-0.3, -0.25) is 14.5 Å². The third kappa shape index (κ3) is 5.32. The van der Waals surface area contributed by atoms with Crippen LogP contribution in [0.1, 0.15) is 49.9 Å². The van der Waals surface area contributed by atoms with Gasteiger partial charge in [-0.1, -0.05) is 57.2 Å². The molecule has 2 saturated heterocycles. The zero-order chi connectivity index (χ0) is 25.9. The van der Waals surface area contributed by atoms with Gasteiger partial charge in [-0.05, 0) is 35.1 Å². The Balaban J connectivity index is 1.72. The fourth-order valence-corrected chi connectivity index (χ4v) is 4.90. The lowest BCUT2D eigenvalue weighted by molar-refractivity contribution is -0.140. The number of nitrogens with zero attached hydrogens (tertiary/aromatic N) is 2. The number of Topliss-reactive ketones (excluding diaryl/α,β-unsaturated/α-hetero) is 1. The number of morpholine rings is 1. The van der Waals surface area contributed by atoms with Gasteiger partial charge in [0.15, 0.2) is 0 Å². The lowest BCUT2D eigenvalue weighted by Crippen LogP contribution is -2.39. The molecule has 0 aliphatic carbocycles. The summed E-state index contributed by atoms with van der Waals surface area (Å²) in [5, 5.41) is 11.4. The quantitative estimate of drug-likeness (QED) is 0.356. The molecule has 0 radical (unpaired) electrons. The second-order valence-electron chi connectivity index (χ2n) is 10.4. The van der Waals surface area contributed by atoms with Crippen LogP contribution in [0.15, 0.2) is 54.1 Å². The minimum atomic E-state index is -0.673. The van der Waals surface area contributed by atoms with Gasteiger partial charge in [0.05, 0.1) is 37.5 Å². The van der Waals surface area contributed by atoms with Crippen LogP contribution in [0.2, 0.25) is 0 Å². The van der Waals surface area contributed by atoms with Crippen molar-refractivity contribution in [2.24, 2.45) is 0 Å². The van der Waals surface area contributed by atoms with E-state index >= 15 is 0 Å². The van der Waals surface area contributed by atoms with Crippen LogP contribution in [0.5, 0.6) is 5.75 Å². The zero-order valence-electron chi connectivity index (χ0n) is 21.6. The highest BCUT2D eigenvalue weighted by molar-refractivity contribution is 6.46.